The highest BCUT2D eigenvalue weighted by Gasteiger charge is 2.19. The van der Waals surface area contributed by atoms with E-state index in [4.69, 9.17) is 23.2 Å². The molecule has 0 saturated heterocycles. The fourth-order valence-corrected chi connectivity index (χ4v) is 2.42. The summed E-state index contributed by atoms with van der Waals surface area (Å²) in [7, 11) is 1.88. The van der Waals surface area contributed by atoms with Crippen LogP contribution in [-0.2, 0) is 11.3 Å². The Morgan fingerprint density at radius 2 is 1.82 bits per heavy atom. The van der Waals surface area contributed by atoms with Crippen LogP contribution in [0.2, 0.25) is 10.0 Å². The van der Waals surface area contributed by atoms with E-state index in [1.807, 2.05) is 61.3 Å². The van der Waals surface area contributed by atoms with Gasteiger partial charge in [0.2, 0.25) is 5.91 Å². The van der Waals surface area contributed by atoms with Crippen LogP contribution in [0, 0.1) is 0 Å². The number of para-hydroxylation sites is 1. The summed E-state index contributed by atoms with van der Waals surface area (Å²) in [5.41, 5.74) is 1.68. The summed E-state index contributed by atoms with van der Waals surface area (Å²) >= 11 is 12.2. The fraction of sp³-hybridized carbons (Fsp3) is 0.235. The molecule has 0 aliphatic heterocycles. The molecule has 0 aliphatic carbocycles. The summed E-state index contributed by atoms with van der Waals surface area (Å²) < 4.78 is 0. The predicted molar refractivity (Wildman–Crippen MR) is 92.5 cm³/mol. The van der Waals surface area contributed by atoms with Gasteiger partial charge in [-0.1, -0.05) is 53.5 Å². The van der Waals surface area contributed by atoms with E-state index in [-0.39, 0.29) is 11.9 Å². The third-order valence-corrected chi connectivity index (χ3v) is 4.39. The van der Waals surface area contributed by atoms with Gasteiger partial charge in [0, 0.05) is 12.2 Å². The van der Waals surface area contributed by atoms with E-state index in [1.165, 1.54) is 0 Å². The van der Waals surface area contributed by atoms with Crippen LogP contribution in [0.3, 0.4) is 0 Å². The monoisotopic (exact) mass is 336 g/mol. The van der Waals surface area contributed by atoms with E-state index < -0.39 is 0 Å². The molecule has 1 atom stereocenters. The fourth-order valence-electron chi connectivity index (χ4n) is 2.04. The molecular weight excluding hydrogens is 319 g/mol. The van der Waals surface area contributed by atoms with E-state index in [1.54, 1.807) is 6.07 Å². The van der Waals surface area contributed by atoms with Gasteiger partial charge in [0.15, 0.2) is 0 Å². The Balaban J connectivity index is 2.01. The number of hydrogen-bond donors (Lipinski definition) is 1. The summed E-state index contributed by atoms with van der Waals surface area (Å²) in [6.45, 7) is 2.40. The summed E-state index contributed by atoms with van der Waals surface area (Å²) in [5, 5.41) is 3.95. The topological polar surface area (TPSA) is 32.3 Å². The minimum atomic E-state index is -0.296. The number of carbonyl (C=O) groups excluding carboxylic acids is 1. The molecule has 2 aromatic carbocycles. The average molecular weight is 337 g/mol. The average Bonchev–Trinajstić information content (AvgIpc) is 2.52. The summed E-state index contributed by atoms with van der Waals surface area (Å²) in [6, 6.07) is 14.6. The minimum Gasteiger partial charge on any atom is -0.325 e. The summed E-state index contributed by atoms with van der Waals surface area (Å²) in [4.78, 5) is 14.2. The zero-order valence-corrected chi connectivity index (χ0v) is 14.0. The van der Waals surface area contributed by atoms with E-state index in [0.717, 1.165) is 11.3 Å². The first kappa shape index (κ1) is 16.8. The van der Waals surface area contributed by atoms with Gasteiger partial charge < -0.3 is 5.32 Å². The number of rotatable bonds is 5. The number of nitrogens with one attached hydrogen (secondary N) is 1. The van der Waals surface area contributed by atoms with Gasteiger partial charge in [-0.05, 0) is 37.7 Å². The molecule has 1 N–H and O–H groups in total. The van der Waals surface area contributed by atoms with Crippen LogP contribution in [-0.4, -0.2) is 23.9 Å². The molecule has 0 aliphatic rings. The van der Waals surface area contributed by atoms with Crippen molar-refractivity contribution in [1.82, 2.24) is 4.90 Å². The molecule has 2 rings (SSSR count). The second-order valence-electron chi connectivity index (χ2n) is 5.16. The summed E-state index contributed by atoms with van der Waals surface area (Å²) in [6.07, 6.45) is 0. The highest BCUT2D eigenvalue weighted by atomic mass is 35.5. The van der Waals surface area contributed by atoms with Crippen molar-refractivity contribution in [2.45, 2.75) is 19.5 Å². The van der Waals surface area contributed by atoms with Crippen LogP contribution >= 0.6 is 23.2 Å². The Hall–Kier alpha value is -1.55. The van der Waals surface area contributed by atoms with Gasteiger partial charge in [-0.15, -0.1) is 0 Å². The van der Waals surface area contributed by atoms with Crippen LogP contribution in [0.25, 0.3) is 0 Å². The van der Waals surface area contributed by atoms with Crippen molar-refractivity contribution in [3.8, 4) is 0 Å². The molecule has 0 saturated carbocycles. The van der Waals surface area contributed by atoms with Gasteiger partial charge >= 0.3 is 0 Å². The molecule has 3 nitrogen and oxygen atoms in total. The van der Waals surface area contributed by atoms with Crippen LogP contribution in [0.15, 0.2) is 48.5 Å². The lowest BCUT2D eigenvalue weighted by atomic mass is 10.2. The van der Waals surface area contributed by atoms with E-state index >= 15 is 0 Å². The zero-order chi connectivity index (χ0) is 16.1. The maximum absolute atomic E-state index is 12.3. The van der Waals surface area contributed by atoms with Gasteiger partial charge in [-0.2, -0.15) is 0 Å². The van der Waals surface area contributed by atoms with Crippen molar-refractivity contribution in [2.75, 3.05) is 12.4 Å². The number of benzene rings is 2. The molecule has 2 aromatic rings. The Bertz CT molecular complexity index is 646. The largest absolute Gasteiger partial charge is 0.325 e. The van der Waals surface area contributed by atoms with Crippen molar-refractivity contribution in [3.05, 3.63) is 64.1 Å². The smallest absolute Gasteiger partial charge is 0.241 e. The molecule has 0 radical (unpaired) electrons. The molecule has 1 amide bonds. The van der Waals surface area contributed by atoms with E-state index in [2.05, 4.69) is 5.32 Å². The van der Waals surface area contributed by atoms with Crippen LogP contribution < -0.4 is 5.32 Å². The van der Waals surface area contributed by atoms with Crippen molar-refractivity contribution < 1.29 is 4.79 Å². The van der Waals surface area contributed by atoms with Crippen molar-refractivity contribution in [2.24, 2.45) is 0 Å². The van der Waals surface area contributed by atoms with Gasteiger partial charge in [0.25, 0.3) is 0 Å². The minimum absolute atomic E-state index is 0.0631. The van der Waals surface area contributed by atoms with Crippen LogP contribution in [0.5, 0.6) is 0 Å². The molecule has 0 fully saturated rings. The van der Waals surface area contributed by atoms with Crippen LogP contribution in [0.1, 0.15) is 12.5 Å². The molecule has 5 heteroatoms. The first-order valence-electron chi connectivity index (χ1n) is 6.98. The highest BCUT2D eigenvalue weighted by molar-refractivity contribution is 6.42. The van der Waals surface area contributed by atoms with Gasteiger partial charge in [-0.3, -0.25) is 9.69 Å². The molecule has 22 heavy (non-hydrogen) atoms. The highest BCUT2D eigenvalue weighted by Crippen LogP contribution is 2.26. The lowest BCUT2D eigenvalue weighted by Gasteiger charge is -2.24. The second kappa shape index (κ2) is 7.63. The number of carbonyl (C=O) groups is 1. The molecular formula is C17H18Cl2N2O. The van der Waals surface area contributed by atoms with Crippen LogP contribution in [0.4, 0.5) is 5.69 Å². The normalized spacial score (nSPS) is 12.2. The van der Waals surface area contributed by atoms with Crippen molar-refractivity contribution >= 4 is 34.8 Å². The second-order valence-corrected chi connectivity index (χ2v) is 5.94. The molecule has 116 valence electrons. The predicted octanol–water partition coefficient (Wildman–Crippen LogP) is 4.45. The number of halogens is 2. The number of anilines is 1. The molecule has 0 aromatic heterocycles. The summed E-state index contributed by atoms with van der Waals surface area (Å²) in [5.74, 6) is -0.0631. The lowest BCUT2D eigenvalue weighted by molar-refractivity contribution is -0.120. The first-order valence-corrected chi connectivity index (χ1v) is 7.73. The number of amides is 1. The van der Waals surface area contributed by atoms with Crippen molar-refractivity contribution in [1.29, 1.82) is 0 Å². The standard InChI is InChI=1S/C17H18Cl2N2O/c1-12(17(22)20-14-8-4-3-5-9-14)21(2)11-13-7-6-10-15(18)16(13)19/h3-10,12H,11H2,1-2H3,(H,20,22)/t12-/m1/s1. The maximum atomic E-state index is 12.3. The van der Waals surface area contributed by atoms with E-state index in [0.29, 0.717) is 16.6 Å². The van der Waals surface area contributed by atoms with Gasteiger partial charge in [0.1, 0.15) is 0 Å². The SMILES string of the molecule is C[C@H](C(=O)Nc1ccccc1)N(C)Cc1cccc(Cl)c1Cl. The lowest BCUT2D eigenvalue weighted by Crippen LogP contribution is -2.39. The third kappa shape index (κ3) is 4.23. The molecule has 0 unspecified atom stereocenters. The quantitative estimate of drug-likeness (QED) is 0.874. The van der Waals surface area contributed by atoms with Gasteiger partial charge in [0.05, 0.1) is 16.1 Å². The number of hydrogen-bond acceptors (Lipinski definition) is 2. The molecule has 0 bridgehead atoms. The Morgan fingerprint density at radius 3 is 2.50 bits per heavy atom. The first-order chi connectivity index (χ1) is 10.5. The number of nitrogens with zero attached hydrogens (tertiary/aromatic N) is 1. The molecule has 0 heterocycles. The Labute approximate surface area is 140 Å². The maximum Gasteiger partial charge on any atom is 0.241 e. The van der Waals surface area contributed by atoms with Gasteiger partial charge in [-0.25, -0.2) is 0 Å². The Morgan fingerprint density at radius 1 is 1.14 bits per heavy atom. The number of likely N-dealkylation sites (N-methyl/N-ethyl adjacent to an activating group) is 1. The van der Waals surface area contributed by atoms with Crippen molar-refractivity contribution in [3.63, 3.8) is 0 Å². The third-order valence-electron chi connectivity index (χ3n) is 3.53. The van der Waals surface area contributed by atoms with E-state index in [9.17, 15) is 4.79 Å². The molecule has 0 spiro atoms. The Kier molecular flexibility index (Phi) is 5.83. The zero-order valence-electron chi connectivity index (χ0n) is 12.5.